The lowest BCUT2D eigenvalue weighted by atomic mass is 9.89. The van der Waals surface area contributed by atoms with Crippen molar-refractivity contribution in [2.45, 2.75) is 18.1 Å². The number of likely N-dealkylation sites (tertiary alicyclic amines) is 1. The van der Waals surface area contributed by atoms with Gasteiger partial charge in [0.15, 0.2) is 9.84 Å². The van der Waals surface area contributed by atoms with Crippen LogP contribution in [0.1, 0.15) is 18.4 Å². The molecule has 124 valence electrons. The number of halogens is 1. The predicted molar refractivity (Wildman–Crippen MR) is 89.9 cm³/mol. The molecule has 0 bridgehead atoms. The average molecular weight is 347 g/mol. The van der Waals surface area contributed by atoms with E-state index in [1.807, 2.05) is 30.3 Å². The maximum Gasteiger partial charge on any atom is 0.240 e. The van der Waals surface area contributed by atoms with E-state index in [1.165, 1.54) is 6.92 Å². The van der Waals surface area contributed by atoms with Crippen LogP contribution in [-0.2, 0) is 14.6 Å². The first-order valence-corrected chi connectivity index (χ1v) is 9.02. The summed E-state index contributed by atoms with van der Waals surface area (Å²) >= 11 is 0. The SMILES string of the molecule is CC(C(=O)N1C[C@@H](CN)[C@H](c2ccccc2)C1)S(C)(=O)=O.Cl. The molecule has 7 heteroatoms. The minimum absolute atomic E-state index is 0. The number of carbonyl (C=O) groups excluding carboxylic acids is 1. The first-order valence-electron chi connectivity index (χ1n) is 7.07. The third-order valence-corrected chi connectivity index (χ3v) is 5.76. The zero-order chi connectivity index (χ0) is 15.6. The zero-order valence-corrected chi connectivity index (χ0v) is 14.4. The third kappa shape index (κ3) is 4.00. The lowest BCUT2D eigenvalue weighted by Crippen LogP contribution is -2.40. The highest BCUT2D eigenvalue weighted by molar-refractivity contribution is 7.92. The second-order valence-electron chi connectivity index (χ2n) is 5.73. The Morgan fingerprint density at radius 1 is 1.32 bits per heavy atom. The molecule has 1 saturated heterocycles. The molecule has 3 atom stereocenters. The van der Waals surface area contributed by atoms with Crippen molar-refractivity contribution in [1.82, 2.24) is 4.90 Å². The molecule has 0 saturated carbocycles. The quantitative estimate of drug-likeness (QED) is 0.883. The Morgan fingerprint density at radius 2 is 1.91 bits per heavy atom. The van der Waals surface area contributed by atoms with Gasteiger partial charge in [-0.1, -0.05) is 30.3 Å². The molecule has 1 unspecified atom stereocenters. The van der Waals surface area contributed by atoms with Crippen molar-refractivity contribution >= 4 is 28.2 Å². The van der Waals surface area contributed by atoms with Crippen molar-refractivity contribution in [2.24, 2.45) is 11.7 Å². The lowest BCUT2D eigenvalue weighted by molar-refractivity contribution is -0.129. The highest BCUT2D eigenvalue weighted by atomic mass is 35.5. The van der Waals surface area contributed by atoms with Crippen molar-refractivity contribution in [3.05, 3.63) is 35.9 Å². The summed E-state index contributed by atoms with van der Waals surface area (Å²) in [4.78, 5) is 14.0. The van der Waals surface area contributed by atoms with E-state index >= 15 is 0 Å². The van der Waals surface area contributed by atoms with E-state index in [4.69, 9.17) is 5.73 Å². The topological polar surface area (TPSA) is 80.5 Å². The van der Waals surface area contributed by atoms with E-state index < -0.39 is 15.1 Å². The van der Waals surface area contributed by atoms with Crippen LogP contribution in [0.3, 0.4) is 0 Å². The smallest absolute Gasteiger partial charge is 0.240 e. The number of benzene rings is 1. The maximum atomic E-state index is 12.3. The van der Waals surface area contributed by atoms with E-state index in [1.54, 1.807) is 4.90 Å². The van der Waals surface area contributed by atoms with Crippen LogP contribution < -0.4 is 5.73 Å². The van der Waals surface area contributed by atoms with E-state index in [9.17, 15) is 13.2 Å². The number of nitrogens with two attached hydrogens (primary N) is 1. The molecule has 1 aromatic rings. The molecule has 0 spiro atoms. The van der Waals surface area contributed by atoms with Crippen molar-refractivity contribution in [3.8, 4) is 0 Å². The second-order valence-corrected chi connectivity index (χ2v) is 8.09. The van der Waals surface area contributed by atoms with E-state index in [0.29, 0.717) is 19.6 Å². The number of nitrogens with zero attached hydrogens (tertiary/aromatic N) is 1. The number of hydrogen-bond donors (Lipinski definition) is 1. The molecule has 0 aromatic heterocycles. The van der Waals surface area contributed by atoms with Crippen molar-refractivity contribution in [3.63, 3.8) is 0 Å². The van der Waals surface area contributed by atoms with Gasteiger partial charge in [-0.2, -0.15) is 0 Å². The molecule has 1 aromatic carbocycles. The average Bonchev–Trinajstić information content (AvgIpc) is 2.90. The van der Waals surface area contributed by atoms with Crippen molar-refractivity contribution in [1.29, 1.82) is 0 Å². The van der Waals surface area contributed by atoms with E-state index in [2.05, 4.69) is 0 Å². The van der Waals surface area contributed by atoms with Gasteiger partial charge < -0.3 is 10.6 Å². The molecule has 1 heterocycles. The highest BCUT2D eigenvalue weighted by Gasteiger charge is 2.38. The summed E-state index contributed by atoms with van der Waals surface area (Å²) in [5, 5.41) is -0.995. The molecule has 22 heavy (non-hydrogen) atoms. The Bertz CT molecular complexity index is 606. The van der Waals surface area contributed by atoms with Gasteiger partial charge in [0.1, 0.15) is 5.25 Å². The Balaban J connectivity index is 0.00000242. The van der Waals surface area contributed by atoms with Crippen LogP contribution in [0.4, 0.5) is 0 Å². The van der Waals surface area contributed by atoms with E-state index in [-0.39, 0.29) is 30.2 Å². The molecular formula is C15H23ClN2O3S. The Kier molecular flexibility index (Phi) is 6.40. The second kappa shape index (κ2) is 7.44. The van der Waals surface area contributed by atoms with Crippen LogP contribution in [0.25, 0.3) is 0 Å². The fourth-order valence-corrected chi connectivity index (χ4v) is 3.32. The number of hydrogen-bond acceptors (Lipinski definition) is 4. The van der Waals surface area contributed by atoms with Crippen LogP contribution in [0.5, 0.6) is 0 Å². The minimum atomic E-state index is -3.37. The monoisotopic (exact) mass is 346 g/mol. The fourth-order valence-electron chi connectivity index (χ4n) is 2.81. The normalized spacial score (nSPS) is 23.0. The summed E-state index contributed by atoms with van der Waals surface area (Å²) in [6.45, 7) is 2.99. The van der Waals surface area contributed by atoms with Gasteiger partial charge in [-0.15, -0.1) is 12.4 Å². The zero-order valence-electron chi connectivity index (χ0n) is 12.8. The van der Waals surface area contributed by atoms with Gasteiger partial charge in [-0.25, -0.2) is 8.42 Å². The van der Waals surface area contributed by atoms with Gasteiger partial charge in [0.2, 0.25) is 5.91 Å². The van der Waals surface area contributed by atoms with Crippen LogP contribution in [-0.4, -0.2) is 50.4 Å². The summed E-state index contributed by atoms with van der Waals surface area (Å²) in [6, 6.07) is 9.94. The van der Waals surface area contributed by atoms with Gasteiger partial charge in [0.25, 0.3) is 0 Å². The number of rotatable bonds is 4. The van der Waals surface area contributed by atoms with Gasteiger partial charge in [-0.3, -0.25) is 4.79 Å². The molecule has 5 nitrogen and oxygen atoms in total. The highest BCUT2D eigenvalue weighted by Crippen LogP contribution is 2.32. The first kappa shape index (κ1) is 18.9. The number of carbonyl (C=O) groups is 1. The van der Waals surface area contributed by atoms with Crippen molar-refractivity contribution < 1.29 is 13.2 Å². The maximum absolute atomic E-state index is 12.3. The van der Waals surface area contributed by atoms with E-state index in [0.717, 1.165) is 11.8 Å². The molecule has 2 N–H and O–H groups in total. The van der Waals surface area contributed by atoms with Crippen LogP contribution in [0.2, 0.25) is 0 Å². The Labute approximate surface area is 138 Å². The molecule has 1 amide bonds. The summed E-state index contributed by atoms with van der Waals surface area (Å²) in [7, 11) is -3.37. The van der Waals surface area contributed by atoms with Crippen LogP contribution in [0.15, 0.2) is 30.3 Å². The number of amides is 1. The Morgan fingerprint density at radius 3 is 2.41 bits per heavy atom. The third-order valence-electron chi connectivity index (χ3n) is 4.27. The number of sulfone groups is 1. The summed E-state index contributed by atoms with van der Waals surface area (Å²) in [6.07, 6.45) is 1.10. The lowest BCUT2D eigenvalue weighted by Gasteiger charge is -2.20. The molecule has 2 rings (SSSR count). The first-order chi connectivity index (χ1) is 9.84. The largest absolute Gasteiger partial charge is 0.341 e. The minimum Gasteiger partial charge on any atom is -0.341 e. The fraction of sp³-hybridized carbons (Fsp3) is 0.533. The molecule has 1 aliphatic heterocycles. The standard InChI is InChI=1S/C15H22N2O3S.ClH/c1-11(21(2,19)20)15(18)17-9-13(8-16)14(10-17)12-6-4-3-5-7-12;/h3-7,11,13-14H,8-10,16H2,1-2H3;1H/t11?,13-,14+;/m1./s1. The van der Waals surface area contributed by atoms with Crippen LogP contribution in [0, 0.1) is 5.92 Å². The molecular weight excluding hydrogens is 324 g/mol. The molecule has 1 aliphatic rings. The summed E-state index contributed by atoms with van der Waals surface area (Å²) in [5.74, 6) is 0.0180. The molecule has 0 radical (unpaired) electrons. The summed E-state index contributed by atoms with van der Waals surface area (Å²) in [5.41, 5.74) is 6.98. The summed E-state index contributed by atoms with van der Waals surface area (Å²) < 4.78 is 23.1. The molecule has 1 fully saturated rings. The Hall–Kier alpha value is -1.11. The molecule has 0 aliphatic carbocycles. The predicted octanol–water partition coefficient (Wildman–Crippen LogP) is 1.04. The van der Waals surface area contributed by atoms with Gasteiger partial charge in [-0.05, 0) is 24.9 Å². The van der Waals surface area contributed by atoms with Crippen LogP contribution >= 0.6 is 12.4 Å². The van der Waals surface area contributed by atoms with Gasteiger partial charge >= 0.3 is 0 Å². The van der Waals surface area contributed by atoms with Gasteiger partial charge in [0, 0.05) is 25.3 Å². The van der Waals surface area contributed by atoms with Gasteiger partial charge in [0.05, 0.1) is 0 Å². The van der Waals surface area contributed by atoms with Crippen molar-refractivity contribution in [2.75, 3.05) is 25.9 Å².